The summed E-state index contributed by atoms with van der Waals surface area (Å²) in [5, 5.41) is 11.3. The average molecular weight is 393 g/mol. The zero-order valence-corrected chi connectivity index (χ0v) is 18.0. The molecule has 0 bridgehead atoms. The quantitative estimate of drug-likeness (QED) is 0.778. The van der Waals surface area contributed by atoms with E-state index in [0.717, 1.165) is 44.4 Å². The van der Waals surface area contributed by atoms with Gasteiger partial charge in [-0.25, -0.2) is 0 Å². The minimum Gasteiger partial charge on any atom is -0.353 e. The molecule has 1 unspecified atom stereocenters. The van der Waals surface area contributed by atoms with Gasteiger partial charge in [-0.15, -0.1) is 0 Å². The summed E-state index contributed by atoms with van der Waals surface area (Å²) in [4.78, 5) is 12.9. The molecule has 158 valence electrons. The first kappa shape index (κ1) is 21.3. The van der Waals surface area contributed by atoms with E-state index in [4.69, 9.17) is 9.47 Å². The number of piperidine rings is 1. The third-order valence-corrected chi connectivity index (χ3v) is 5.62. The minimum atomic E-state index is -0.0981. The van der Waals surface area contributed by atoms with Crippen LogP contribution in [0.3, 0.4) is 0 Å². The van der Waals surface area contributed by atoms with Gasteiger partial charge in [0.25, 0.3) is 5.91 Å². The maximum atomic E-state index is 12.9. The van der Waals surface area contributed by atoms with Crippen molar-refractivity contribution in [2.45, 2.75) is 96.7 Å². The number of rotatable bonds is 6. The summed E-state index contributed by atoms with van der Waals surface area (Å²) in [6.45, 7) is 12.6. The zero-order valence-electron chi connectivity index (χ0n) is 18.0. The number of nitrogens with zero attached hydrogens (tertiary/aromatic N) is 2. The summed E-state index contributed by atoms with van der Waals surface area (Å²) in [6.07, 6.45) is 6.60. The Kier molecular flexibility index (Phi) is 6.47. The highest BCUT2D eigenvalue weighted by molar-refractivity contribution is 5.95. The Hall–Kier alpha value is -1.44. The van der Waals surface area contributed by atoms with Crippen LogP contribution in [0.25, 0.3) is 0 Å². The zero-order chi connectivity index (χ0) is 20.4. The van der Waals surface area contributed by atoms with Crippen LogP contribution in [0.1, 0.15) is 75.9 Å². The van der Waals surface area contributed by atoms with Gasteiger partial charge in [0.15, 0.2) is 6.29 Å². The molecule has 1 aromatic heterocycles. The summed E-state index contributed by atoms with van der Waals surface area (Å²) in [6, 6.07) is 0.147. The molecule has 2 aliphatic heterocycles. The van der Waals surface area contributed by atoms with Crippen molar-refractivity contribution in [3.8, 4) is 0 Å². The molecule has 2 N–H and O–H groups in total. The van der Waals surface area contributed by atoms with Gasteiger partial charge in [-0.2, -0.15) is 5.10 Å². The van der Waals surface area contributed by atoms with Crippen molar-refractivity contribution < 1.29 is 14.3 Å². The fourth-order valence-electron chi connectivity index (χ4n) is 4.70. The molecular weight excluding hydrogens is 356 g/mol. The first-order chi connectivity index (χ1) is 13.2. The van der Waals surface area contributed by atoms with E-state index in [2.05, 4.69) is 43.4 Å². The maximum Gasteiger partial charge on any atom is 0.254 e. The SMILES string of the molecule is Cc1c(C(=O)NC2CC(C)(C)NC(C)(C)C2)cnn1CCOC1CCCCO1. The van der Waals surface area contributed by atoms with E-state index in [-0.39, 0.29) is 29.3 Å². The van der Waals surface area contributed by atoms with E-state index in [1.165, 1.54) is 0 Å². The van der Waals surface area contributed by atoms with Gasteiger partial charge in [0.1, 0.15) is 0 Å². The Morgan fingerprint density at radius 2 is 2.04 bits per heavy atom. The Balaban J connectivity index is 1.54. The predicted octanol–water partition coefficient (Wildman–Crippen LogP) is 2.77. The third-order valence-electron chi connectivity index (χ3n) is 5.62. The molecular formula is C21H36N4O3. The number of ether oxygens (including phenoxy) is 2. The molecule has 0 saturated carbocycles. The monoisotopic (exact) mass is 392 g/mol. The van der Waals surface area contributed by atoms with Crippen LogP contribution in [0.4, 0.5) is 0 Å². The van der Waals surface area contributed by atoms with Crippen molar-refractivity contribution in [1.82, 2.24) is 20.4 Å². The Bertz CT molecular complexity index is 661. The predicted molar refractivity (Wildman–Crippen MR) is 108 cm³/mol. The smallest absolute Gasteiger partial charge is 0.254 e. The summed E-state index contributed by atoms with van der Waals surface area (Å²) in [7, 11) is 0. The Morgan fingerprint density at radius 3 is 2.68 bits per heavy atom. The largest absolute Gasteiger partial charge is 0.353 e. The van der Waals surface area contributed by atoms with Crippen molar-refractivity contribution >= 4 is 5.91 Å². The van der Waals surface area contributed by atoms with E-state index >= 15 is 0 Å². The van der Waals surface area contributed by atoms with E-state index in [1.807, 2.05) is 11.6 Å². The van der Waals surface area contributed by atoms with E-state index < -0.39 is 0 Å². The highest BCUT2D eigenvalue weighted by Crippen LogP contribution is 2.28. The van der Waals surface area contributed by atoms with Gasteiger partial charge in [-0.3, -0.25) is 9.48 Å². The van der Waals surface area contributed by atoms with Gasteiger partial charge in [0.2, 0.25) is 0 Å². The van der Waals surface area contributed by atoms with Crippen molar-refractivity contribution in [3.63, 3.8) is 0 Å². The number of aromatic nitrogens is 2. The molecule has 2 saturated heterocycles. The molecule has 2 aliphatic rings. The lowest BCUT2D eigenvalue weighted by atomic mass is 9.79. The normalized spacial score (nSPS) is 24.8. The standard InChI is InChI=1S/C21H36N4O3/c1-15-17(14-22-25(15)9-11-28-18-8-6-7-10-27-18)19(26)23-16-12-20(2,3)24-21(4,5)13-16/h14,16,18,24H,6-13H2,1-5H3,(H,23,26). The number of nitrogens with one attached hydrogen (secondary N) is 2. The highest BCUT2D eigenvalue weighted by Gasteiger charge is 2.38. The summed E-state index contributed by atoms with van der Waals surface area (Å²) < 4.78 is 13.2. The molecule has 1 aromatic rings. The van der Waals surface area contributed by atoms with E-state index in [9.17, 15) is 4.79 Å². The molecule has 0 aliphatic carbocycles. The van der Waals surface area contributed by atoms with Gasteiger partial charge in [-0.05, 0) is 66.7 Å². The van der Waals surface area contributed by atoms with Crippen molar-refractivity contribution in [3.05, 3.63) is 17.5 Å². The minimum absolute atomic E-state index is 0.00253. The number of carbonyl (C=O) groups is 1. The number of hydrogen-bond acceptors (Lipinski definition) is 5. The lowest BCUT2D eigenvalue weighted by molar-refractivity contribution is -0.163. The topological polar surface area (TPSA) is 77.4 Å². The van der Waals surface area contributed by atoms with Crippen molar-refractivity contribution in [2.75, 3.05) is 13.2 Å². The highest BCUT2D eigenvalue weighted by atomic mass is 16.7. The number of hydrogen-bond donors (Lipinski definition) is 2. The molecule has 2 fully saturated rings. The maximum absolute atomic E-state index is 12.9. The number of amides is 1. The molecule has 7 nitrogen and oxygen atoms in total. The first-order valence-corrected chi connectivity index (χ1v) is 10.5. The van der Waals surface area contributed by atoms with Crippen molar-refractivity contribution in [2.24, 2.45) is 0 Å². The fraction of sp³-hybridized carbons (Fsp3) is 0.810. The molecule has 1 atom stereocenters. The van der Waals surface area contributed by atoms with Crippen LogP contribution < -0.4 is 10.6 Å². The molecule has 7 heteroatoms. The molecule has 0 aromatic carbocycles. The lowest BCUT2D eigenvalue weighted by Gasteiger charge is -2.46. The van der Waals surface area contributed by atoms with Gasteiger partial charge < -0.3 is 20.1 Å². The molecule has 3 heterocycles. The molecule has 28 heavy (non-hydrogen) atoms. The Morgan fingerprint density at radius 1 is 1.32 bits per heavy atom. The second-order valence-corrected chi connectivity index (χ2v) is 9.51. The second-order valence-electron chi connectivity index (χ2n) is 9.51. The van der Waals surface area contributed by atoms with E-state index in [1.54, 1.807) is 6.20 Å². The van der Waals surface area contributed by atoms with E-state index in [0.29, 0.717) is 18.7 Å². The van der Waals surface area contributed by atoms with Crippen LogP contribution in [0.5, 0.6) is 0 Å². The number of carbonyl (C=O) groups excluding carboxylic acids is 1. The molecule has 1 amide bonds. The molecule has 3 rings (SSSR count). The summed E-state index contributed by atoms with van der Waals surface area (Å²) in [5.41, 5.74) is 1.51. The van der Waals surface area contributed by atoms with Crippen LogP contribution in [0.15, 0.2) is 6.20 Å². The van der Waals surface area contributed by atoms with Gasteiger partial charge in [0, 0.05) is 29.4 Å². The van der Waals surface area contributed by atoms with Gasteiger partial charge in [0.05, 0.1) is 24.9 Å². The third kappa shape index (κ3) is 5.55. The second kappa shape index (κ2) is 8.51. The van der Waals surface area contributed by atoms with Gasteiger partial charge in [-0.1, -0.05) is 0 Å². The Labute approximate surface area is 168 Å². The van der Waals surface area contributed by atoms with Crippen LogP contribution in [-0.4, -0.2) is 52.3 Å². The summed E-state index contributed by atoms with van der Waals surface area (Å²) in [5.74, 6) is -0.0428. The van der Waals surface area contributed by atoms with Gasteiger partial charge >= 0.3 is 0 Å². The van der Waals surface area contributed by atoms with Crippen LogP contribution >= 0.6 is 0 Å². The van der Waals surface area contributed by atoms with Crippen molar-refractivity contribution in [1.29, 1.82) is 0 Å². The summed E-state index contributed by atoms with van der Waals surface area (Å²) >= 11 is 0. The molecule has 0 radical (unpaired) electrons. The lowest BCUT2D eigenvalue weighted by Crippen LogP contribution is -2.62. The first-order valence-electron chi connectivity index (χ1n) is 10.5. The molecule has 0 spiro atoms. The fourth-order valence-corrected chi connectivity index (χ4v) is 4.70. The van der Waals surface area contributed by atoms with Crippen LogP contribution in [0, 0.1) is 6.92 Å². The average Bonchev–Trinajstić information content (AvgIpc) is 2.94. The van der Waals surface area contributed by atoms with Crippen LogP contribution in [0.2, 0.25) is 0 Å². The van der Waals surface area contributed by atoms with Crippen LogP contribution in [-0.2, 0) is 16.0 Å².